The maximum absolute atomic E-state index is 12.5. The standard InChI is InChI=1S/C14H23BrN4O2S/c1-14(2,3)19-6-4-11(5-7-19)18-22(20,21)12-8-10(15)9-17-13(12)16/h8-9,11,18H,4-7H2,1-3H3,(H2,16,17). The predicted molar refractivity (Wildman–Crippen MR) is 91.0 cm³/mol. The first kappa shape index (κ1) is 17.7. The van der Waals surface area contributed by atoms with Crippen LogP contribution in [0.5, 0.6) is 0 Å². The van der Waals surface area contributed by atoms with Crippen molar-refractivity contribution in [2.24, 2.45) is 0 Å². The van der Waals surface area contributed by atoms with E-state index in [2.05, 4.69) is 51.3 Å². The van der Waals surface area contributed by atoms with Crippen molar-refractivity contribution in [2.75, 3.05) is 18.8 Å². The molecule has 0 amide bonds. The van der Waals surface area contributed by atoms with Crippen LogP contribution in [0.15, 0.2) is 21.6 Å². The fourth-order valence-electron chi connectivity index (χ4n) is 2.60. The van der Waals surface area contributed by atoms with Crippen LogP contribution in [0.1, 0.15) is 33.6 Å². The Kier molecular flexibility index (Phi) is 5.16. The molecule has 0 radical (unpaired) electrons. The third-order valence-electron chi connectivity index (χ3n) is 3.90. The number of nitrogens with one attached hydrogen (secondary N) is 1. The number of nitrogens with zero attached hydrogens (tertiary/aromatic N) is 2. The van der Waals surface area contributed by atoms with Gasteiger partial charge in [0.15, 0.2) is 0 Å². The van der Waals surface area contributed by atoms with E-state index in [4.69, 9.17) is 5.73 Å². The van der Waals surface area contributed by atoms with Gasteiger partial charge in [-0.05, 0) is 55.6 Å². The molecule has 2 rings (SSSR count). The van der Waals surface area contributed by atoms with Gasteiger partial charge < -0.3 is 5.73 Å². The Morgan fingerprint density at radius 1 is 1.36 bits per heavy atom. The smallest absolute Gasteiger partial charge is 0.244 e. The van der Waals surface area contributed by atoms with Crippen molar-refractivity contribution < 1.29 is 8.42 Å². The van der Waals surface area contributed by atoms with Gasteiger partial charge in [-0.3, -0.25) is 4.90 Å². The van der Waals surface area contributed by atoms with Crippen LogP contribution < -0.4 is 10.5 Å². The number of piperidine rings is 1. The van der Waals surface area contributed by atoms with Gasteiger partial charge in [0.05, 0.1) is 0 Å². The Bertz CT molecular complexity index is 635. The molecule has 22 heavy (non-hydrogen) atoms. The number of aromatic nitrogens is 1. The maximum Gasteiger partial charge on any atom is 0.244 e. The van der Waals surface area contributed by atoms with Gasteiger partial charge in [0.2, 0.25) is 10.0 Å². The van der Waals surface area contributed by atoms with Crippen molar-refractivity contribution in [3.05, 3.63) is 16.7 Å². The van der Waals surface area contributed by atoms with Crippen molar-refractivity contribution in [1.82, 2.24) is 14.6 Å². The Hall–Kier alpha value is -0.700. The molecule has 0 spiro atoms. The lowest BCUT2D eigenvalue weighted by Gasteiger charge is -2.40. The molecule has 0 bridgehead atoms. The van der Waals surface area contributed by atoms with Gasteiger partial charge in [-0.2, -0.15) is 0 Å². The van der Waals surface area contributed by atoms with Crippen LogP contribution in [-0.4, -0.2) is 43.0 Å². The van der Waals surface area contributed by atoms with Gasteiger partial charge in [-0.15, -0.1) is 0 Å². The maximum atomic E-state index is 12.5. The summed E-state index contributed by atoms with van der Waals surface area (Å²) in [5.41, 5.74) is 5.81. The van der Waals surface area contributed by atoms with E-state index in [1.807, 2.05) is 0 Å². The normalized spacial score (nSPS) is 18.5. The lowest BCUT2D eigenvalue weighted by atomic mass is 9.99. The first-order valence-corrected chi connectivity index (χ1v) is 9.55. The second-order valence-corrected chi connectivity index (χ2v) is 9.19. The highest BCUT2D eigenvalue weighted by atomic mass is 79.9. The van der Waals surface area contributed by atoms with Crippen molar-refractivity contribution in [3.8, 4) is 0 Å². The summed E-state index contributed by atoms with van der Waals surface area (Å²) in [5, 5.41) is 0. The van der Waals surface area contributed by atoms with Gasteiger partial charge in [0.1, 0.15) is 10.7 Å². The van der Waals surface area contributed by atoms with E-state index < -0.39 is 10.0 Å². The van der Waals surface area contributed by atoms with Crippen LogP contribution in [-0.2, 0) is 10.0 Å². The fraction of sp³-hybridized carbons (Fsp3) is 0.643. The third kappa shape index (κ3) is 4.18. The highest BCUT2D eigenvalue weighted by molar-refractivity contribution is 9.10. The average molecular weight is 391 g/mol. The minimum atomic E-state index is -3.65. The molecule has 0 aromatic carbocycles. The number of nitrogen functional groups attached to an aromatic ring is 1. The van der Waals surface area contributed by atoms with Crippen LogP contribution in [0.3, 0.4) is 0 Å². The first-order chi connectivity index (χ1) is 10.1. The van der Waals surface area contributed by atoms with E-state index in [1.54, 1.807) is 0 Å². The third-order valence-corrected chi connectivity index (χ3v) is 5.89. The molecule has 0 aliphatic carbocycles. The van der Waals surface area contributed by atoms with Crippen molar-refractivity contribution in [1.29, 1.82) is 0 Å². The molecule has 6 nitrogen and oxygen atoms in total. The number of halogens is 1. The van der Waals surface area contributed by atoms with Crippen LogP contribution in [0.2, 0.25) is 0 Å². The minimum Gasteiger partial charge on any atom is -0.383 e. The minimum absolute atomic E-state index is 0.0165. The number of nitrogens with two attached hydrogens (primary N) is 1. The lowest BCUT2D eigenvalue weighted by molar-refractivity contribution is 0.100. The molecule has 1 fully saturated rings. The summed E-state index contributed by atoms with van der Waals surface area (Å²) in [6, 6.07) is 1.41. The Morgan fingerprint density at radius 3 is 2.50 bits per heavy atom. The molecule has 1 aliphatic rings. The molecule has 0 saturated carbocycles. The molecule has 1 saturated heterocycles. The quantitative estimate of drug-likeness (QED) is 0.823. The van der Waals surface area contributed by atoms with E-state index in [9.17, 15) is 8.42 Å². The summed E-state index contributed by atoms with van der Waals surface area (Å²) in [5.74, 6) is 0.0165. The molecule has 2 heterocycles. The summed E-state index contributed by atoms with van der Waals surface area (Å²) in [6.45, 7) is 8.27. The van der Waals surface area contributed by atoms with Gasteiger partial charge in [-0.25, -0.2) is 18.1 Å². The average Bonchev–Trinajstić information content (AvgIpc) is 2.40. The molecule has 1 aromatic rings. The van der Waals surface area contributed by atoms with Crippen molar-refractivity contribution in [2.45, 2.75) is 50.1 Å². The molecular formula is C14H23BrN4O2S. The van der Waals surface area contributed by atoms with Crippen LogP contribution in [0.4, 0.5) is 5.82 Å². The number of hydrogen-bond acceptors (Lipinski definition) is 5. The molecule has 0 unspecified atom stereocenters. The number of anilines is 1. The number of likely N-dealkylation sites (tertiary alicyclic amines) is 1. The molecule has 8 heteroatoms. The molecular weight excluding hydrogens is 368 g/mol. The van der Waals surface area contributed by atoms with E-state index in [0.29, 0.717) is 4.47 Å². The predicted octanol–water partition coefficient (Wildman–Crippen LogP) is 1.97. The van der Waals surface area contributed by atoms with Gasteiger partial charge >= 0.3 is 0 Å². The Labute approximate surface area is 140 Å². The monoisotopic (exact) mass is 390 g/mol. The fourth-order valence-corrected chi connectivity index (χ4v) is 4.49. The molecule has 0 atom stereocenters. The number of pyridine rings is 1. The number of sulfonamides is 1. The second-order valence-electron chi connectivity index (χ2n) is 6.59. The van der Waals surface area contributed by atoms with Crippen molar-refractivity contribution >= 4 is 31.8 Å². The van der Waals surface area contributed by atoms with Gasteiger partial charge in [-0.1, -0.05) is 0 Å². The van der Waals surface area contributed by atoms with Crippen LogP contribution in [0, 0.1) is 0 Å². The largest absolute Gasteiger partial charge is 0.383 e. The van der Waals surface area contributed by atoms with Gasteiger partial charge in [0.25, 0.3) is 0 Å². The summed E-state index contributed by atoms with van der Waals surface area (Å²) < 4.78 is 28.3. The Balaban J connectivity index is 2.06. The highest BCUT2D eigenvalue weighted by Crippen LogP contribution is 2.24. The van der Waals surface area contributed by atoms with E-state index >= 15 is 0 Å². The summed E-state index contributed by atoms with van der Waals surface area (Å²) in [6.07, 6.45) is 3.06. The second kappa shape index (κ2) is 6.43. The van der Waals surface area contributed by atoms with E-state index in [1.165, 1.54) is 12.3 Å². The zero-order valence-electron chi connectivity index (χ0n) is 13.1. The van der Waals surface area contributed by atoms with Crippen molar-refractivity contribution in [3.63, 3.8) is 0 Å². The zero-order valence-corrected chi connectivity index (χ0v) is 15.5. The van der Waals surface area contributed by atoms with Gasteiger partial charge in [0, 0.05) is 35.3 Å². The zero-order chi connectivity index (χ0) is 16.5. The number of hydrogen-bond donors (Lipinski definition) is 2. The lowest BCUT2D eigenvalue weighted by Crippen LogP contribution is -2.50. The van der Waals surface area contributed by atoms with E-state index in [-0.39, 0.29) is 22.3 Å². The summed E-state index contributed by atoms with van der Waals surface area (Å²) in [4.78, 5) is 6.28. The molecule has 1 aromatic heterocycles. The molecule has 3 N–H and O–H groups in total. The van der Waals surface area contributed by atoms with Crippen LogP contribution in [0.25, 0.3) is 0 Å². The Morgan fingerprint density at radius 2 is 1.95 bits per heavy atom. The SMILES string of the molecule is CC(C)(C)N1CCC(NS(=O)(=O)c2cc(Br)cnc2N)CC1. The first-order valence-electron chi connectivity index (χ1n) is 7.28. The molecule has 124 valence electrons. The number of rotatable bonds is 3. The topological polar surface area (TPSA) is 88.3 Å². The molecule has 1 aliphatic heterocycles. The van der Waals surface area contributed by atoms with E-state index in [0.717, 1.165) is 25.9 Å². The summed E-state index contributed by atoms with van der Waals surface area (Å²) >= 11 is 3.23. The van der Waals surface area contributed by atoms with Crippen LogP contribution >= 0.6 is 15.9 Å². The summed E-state index contributed by atoms with van der Waals surface area (Å²) in [7, 11) is -3.65. The highest BCUT2D eigenvalue weighted by Gasteiger charge is 2.30.